The van der Waals surface area contributed by atoms with Crippen molar-refractivity contribution in [1.29, 1.82) is 0 Å². The summed E-state index contributed by atoms with van der Waals surface area (Å²) >= 11 is 5.69. The van der Waals surface area contributed by atoms with Gasteiger partial charge in [-0.3, -0.25) is 0 Å². The molecule has 15 heavy (non-hydrogen) atoms. The lowest BCUT2D eigenvalue weighted by atomic mass is 10.1. The van der Waals surface area contributed by atoms with Gasteiger partial charge in [0.25, 0.3) is 0 Å². The number of benzene rings is 1. The van der Waals surface area contributed by atoms with Crippen LogP contribution in [0.15, 0.2) is 18.2 Å². The van der Waals surface area contributed by atoms with Crippen LogP contribution in [0.4, 0.5) is 4.39 Å². The minimum absolute atomic E-state index is 0.192. The molecule has 0 fully saturated rings. The van der Waals surface area contributed by atoms with Gasteiger partial charge in [0.2, 0.25) is 0 Å². The van der Waals surface area contributed by atoms with Crippen LogP contribution in [-0.4, -0.2) is 6.04 Å². The Morgan fingerprint density at radius 2 is 2.20 bits per heavy atom. The molecular weight excluding hydrogens is 213 g/mol. The van der Waals surface area contributed by atoms with Gasteiger partial charge in [0.15, 0.2) is 0 Å². The van der Waals surface area contributed by atoms with E-state index in [0.29, 0.717) is 6.04 Å². The molecule has 1 aromatic rings. The van der Waals surface area contributed by atoms with Gasteiger partial charge in [-0.15, -0.1) is 0 Å². The van der Waals surface area contributed by atoms with Gasteiger partial charge in [-0.25, -0.2) is 4.39 Å². The van der Waals surface area contributed by atoms with E-state index in [2.05, 4.69) is 19.2 Å². The highest BCUT2D eigenvalue weighted by Crippen LogP contribution is 2.15. The summed E-state index contributed by atoms with van der Waals surface area (Å²) in [5.41, 5.74) is 1.02. The number of hydrogen-bond acceptors (Lipinski definition) is 1. The van der Waals surface area contributed by atoms with Crippen LogP contribution < -0.4 is 5.32 Å². The summed E-state index contributed by atoms with van der Waals surface area (Å²) in [7, 11) is 0. The highest BCUT2D eigenvalue weighted by atomic mass is 35.5. The van der Waals surface area contributed by atoms with Crippen molar-refractivity contribution in [3.63, 3.8) is 0 Å². The quantitative estimate of drug-likeness (QED) is 0.811. The Hall–Kier alpha value is -0.600. The average Bonchev–Trinajstić information content (AvgIpc) is 2.20. The maximum atomic E-state index is 12.9. The summed E-state index contributed by atoms with van der Waals surface area (Å²) in [6.07, 6.45) is 2.31. The molecule has 0 saturated carbocycles. The number of nitrogens with one attached hydrogen (secondary N) is 1. The summed E-state index contributed by atoms with van der Waals surface area (Å²) in [5.74, 6) is -0.359. The van der Waals surface area contributed by atoms with Crippen LogP contribution in [0.1, 0.15) is 32.3 Å². The molecule has 0 bridgehead atoms. The third-order valence-electron chi connectivity index (χ3n) is 2.36. The van der Waals surface area contributed by atoms with Crippen molar-refractivity contribution in [3.8, 4) is 0 Å². The van der Waals surface area contributed by atoms with Crippen LogP contribution in [0, 0.1) is 5.82 Å². The van der Waals surface area contributed by atoms with E-state index in [4.69, 9.17) is 11.6 Å². The normalized spacial score (nSPS) is 12.8. The lowest BCUT2D eigenvalue weighted by Gasteiger charge is -2.12. The molecule has 1 aromatic carbocycles. The zero-order chi connectivity index (χ0) is 11.3. The van der Waals surface area contributed by atoms with Gasteiger partial charge in [0.05, 0.1) is 5.02 Å². The molecule has 3 heteroatoms. The van der Waals surface area contributed by atoms with Crippen LogP contribution in [0.25, 0.3) is 0 Å². The van der Waals surface area contributed by atoms with Crippen molar-refractivity contribution in [2.24, 2.45) is 0 Å². The molecule has 0 aliphatic carbocycles. The zero-order valence-corrected chi connectivity index (χ0v) is 9.94. The van der Waals surface area contributed by atoms with Crippen LogP contribution in [0.5, 0.6) is 0 Å². The van der Waals surface area contributed by atoms with E-state index in [1.54, 1.807) is 12.1 Å². The first-order valence-corrected chi connectivity index (χ1v) is 5.68. The first-order valence-electron chi connectivity index (χ1n) is 5.30. The summed E-state index contributed by atoms with van der Waals surface area (Å²) in [5, 5.41) is 3.56. The largest absolute Gasteiger partial charge is 0.310 e. The summed E-state index contributed by atoms with van der Waals surface area (Å²) < 4.78 is 12.9. The molecule has 1 atom stereocenters. The smallest absolute Gasteiger partial charge is 0.141 e. The second kappa shape index (κ2) is 6.09. The van der Waals surface area contributed by atoms with Crippen molar-refractivity contribution in [3.05, 3.63) is 34.6 Å². The van der Waals surface area contributed by atoms with E-state index in [1.807, 2.05) is 0 Å². The van der Waals surface area contributed by atoms with E-state index in [0.717, 1.165) is 18.5 Å². The molecule has 0 radical (unpaired) electrons. The molecule has 0 unspecified atom stereocenters. The third kappa shape index (κ3) is 4.18. The maximum absolute atomic E-state index is 12.9. The van der Waals surface area contributed by atoms with Crippen molar-refractivity contribution < 1.29 is 4.39 Å². The molecule has 0 amide bonds. The lowest BCUT2D eigenvalue weighted by Crippen LogP contribution is -2.25. The zero-order valence-electron chi connectivity index (χ0n) is 9.19. The molecular formula is C12H17ClFN. The number of halogens is 2. The molecule has 0 spiro atoms. The topological polar surface area (TPSA) is 12.0 Å². The van der Waals surface area contributed by atoms with E-state index in [-0.39, 0.29) is 10.8 Å². The van der Waals surface area contributed by atoms with E-state index in [9.17, 15) is 4.39 Å². The second-order valence-corrected chi connectivity index (χ2v) is 4.23. The van der Waals surface area contributed by atoms with Gasteiger partial charge >= 0.3 is 0 Å². The van der Waals surface area contributed by atoms with Crippen LogP contribution in [0.3, 0.4) is 0 Å². The Labute approximate surface area is 95.6 Å². The maximum Gasteiger partial charge on any atom is 0.141 e. The first-order chi connectivity index (χ1) is 7.13. The van der Waals surface area contributed by atoms with Crippen LogP contribution in [0.2, 0.25) is 5.02 Å². The Morgan fingerprint density at radius 1 is 1.47 bits per heavy atom. The number of rotatable bonds is 5. The van der Waals surface area contributed by atoms with Gasteiger partial charge in [-0.2, -0.15) is 0 Å². The van der Waals surface area contributed by atoms with Crippen molar-refractivity contribution in [2.75, 3.05) is 0 Å². The summed E-state index contributed by atoms with van der Waals surface area (Å²) in [6, 6.07) is 5.32. The van der Waals surface area contributed by atoms with Gasteiger partial charge in [0, 0.05) is 12.6 Å². The Bertz CT molecular complexity index is 314. The van der Waals surface area contributed by atoms with Crippen LogP contribution >= 0.6 is 11.6 Å². The van der Waals surface area contributed by atoms with E-state index < -0.39 is 0 Å². The SMILES string of the molecule is CCC[C@H](C)NCc1ccc(F)c(Cl)c1. The molecule has 1 N–H and O–H groups in total. The molecule has 1 nitrogen and oxygen atoms in total. The molecule has 0 aliphatic heterocycles. The van der Waals surface area contributed by atoms with Gasteiger partial charge in [-0.05, 0) is 31.0 Å². The fraction of sp³-hybridized carbons (Fsp3) is 0.500. The molecule has 0 saturated heterocycles. The Kier molecular flexibility index (Phi) is 5.06. The molecule has 1 rings (SSSR count). The van der Waals surface area contributed by atoms with E-state index >= 15 is 0 Å². The monoisotopic (exact) mass is 229 g/mol. The average molecular weight is 230 g/mol. The standard InChI is InChI=1S/C12H17ClFN/c1-3-4-9(2)15-8-10-5-6-12(14)11(13)7-10/h5-7,9,15H,3-4,8H2,1-2H3/t9-/m0/s1. The Morgan fingerprint density at radius 3 is 2.80 bits per heavy atom. The molecule has 0 aliphatic rings. The fourth-order valence-corrected chi connectivity index (χ4v) is 1.68. The predicted molar refractivity (Wildman–Crippen MR) is 62.6 cm³/mol. The van der Waals surface area contributed by atoms with Gasteiger partial charge < -0.3 is 5.32 Å². The highest BCUT2D eigenvalue weighted by molar-refractivity contribution is 6.30. The van der Waals surface area contributed by atoms with Crippen molar-refractivity contribution >= 4 is 11.6 Å². The highest BCUT2D eigenvalue weighted by Gasteiger charge is 2.03. The fourth-order valence-electron chi connectivity index (χ4n) is 1.48. The third-order valence-corrected chi connectivity index (χ3v) is 2.65. The lowest BCUT2D eigenvalue weighted by molar-refractivity contribution is 0.508. The van der Waals surface area contributed by atoms with Crippen molar-refractivity contribution in [2.45, 2.75) is 39.3 Å². The predicted octanol–water partition coefficient (Wildman–Crippen LogP) is 3.76. The number of hydrogen-bond donors (Lipinski definition) is 1. The second-order valence-electron chi connectivity index (χ2n) is 3.82. The Balaban J connectivity index is 2.47. The van der Waals surface area contributed by atoms with Gasteiger partial charge in [-0.1, -0.05) is 31.0 Å². The minimum atomic E-state index is -0.359. The first kappa shape index (κ1) is 12.5. The van der Waals surface area contributed by atoms with E-state index in [1.165, 1.54) is 12.5 Å². The van der Waals surface area contributed by atoms with Crippen LogP contribution in [-0.2, 0) is 6.54 Å². The molecule has 84 valence electrons. The van der Waals surface area contributed by atoms with Crippen molar-refractivity contribution in [1.82, 2.24) is 5.32 Å². The summed E-state index contributed by atoms with van der Waals surface area (Å²) in [6.45, 7) is 5.04. The summed E-state index contributed by atoms with van der Waals surface area (Å²) in [4.78, 5) is 0. The van der Waals surface area contributed by atoms with Gasteiger partial charge in [0.1, 0.15) is 5.82 Å². The molecule has 0 aromatic heterocycles. The minimum Gasteiger partial charge on any atom is -0.310 e. The molecule has 0 heterocycles.